The van der Waals surface area contributed by atoms with Crippen LogP contribution in [-0.4, -0.2) is 13.0 Å². The van der Waals surface area contributed by atoms with Gasteiger partial charge in [-0.05, 0) is 36.4 Å². The summed E-state index contributed by atoms with van der Waals surface area (Å²) in [6.45, 7) is 0. The average Bonchev–Trinajstić information content (AvgIpc) is 2.48. The second kappa shape index (κ2) is 6.80. The largest absolute Gasteiger partial charge is 0.496 e. The highest BCUT2D eigenvalue weighted by atomic mass is 79.9. The van der Waals surface area contributed by atoms with E-state index in [9.17, 15) is 18.0 Å². The zero-order valence-electron chi connectivity index (χ0n) is 11.7. The Morgan fingerprint density at radius 1 is 1.22 bits per heavy atom. The van der Waals surface area contributed by atoms with Gasteiger partial charge in [0.1, 0.15) is 5.75 Å². The van der Waals surface area contributed by atoms with E-state index in [0.29, 0.717) is 10.2 Å². The minimum atomic E-state index is -4.50. The molecule has 1 amide bonds. The van der Waals surface area contributed by atoms with Crippen LogP contribution in [0.1, 0.15) is 15.9 Å². The van der Waals surface area contributed by atoms with Crippen LogP contribution in [-0.2, 0) is 6.18 Å². The van der Waals surface area contributed by atoms with E-state index in [0.717, 1.165) is 18.2 Å². The molecule has 2 aromatic rings. The number of alkyl halides is 3. The molecule has 2 rings (SSSR count). The molecule has 0 radical (unpaired) electrons. The number of anilines is 1. The van der Waals surface area contributed by atoms with Crippen molar-refractivity contribution in [3.05, 3.63) is 57.0 Å². The zero-order valence-corrected chi connectivity index (χ0v) is 14.0. The van der Waals surface area contributed by atoms with Gasteiger partial charge in [-0.3, -0.25) is 4.79 Å². The smallest absolute Gasteiger partial charge is 0.416 e. The Balaban J connectivity index is 2.29. The molecule has 2 aromatic carbocycles. The topological polar surface area (TPSA) is 38.3 Å². The molecular weight excluding hydrogens is 399 g/mol. The Labute approximate surface area is 143 Å². The van der Waals surface area contributed by atoms with Crippen LogP contribution in [0, 0.1) is 0 Å². The normalized spacial score (nSPS) is 11.2. The number of hydrogen-bond acceptors (Lipinski definition) is 2. The average molecular weight is 409 g/mol. The SMILES string of the molecule is COc1ccc(Br)cc1C(=O)Nc1ccc(C(F)(F)F)cc1Cl. The van der Waals surface area contributed by atoms with Gasteiger partial charge in [0.2, 0.25) is 0 Å². The number of hydrogen-bond donors (Lipinski definition) is 1. The lowest BCUT2D eigenvalue weighted by Gasteiger charge is -2.12. The fraction of sp³-hybridized carbons (Fsp3) is 0.133. The quantitative estimate of drug-likeness (QED) is 0.740. The van der Waals surface area contributed by atoms with E-state index in [2.05, 4.69) is 21.2 Å². The number of carbonyl (C=O) groups excluding carboxylic acids is 1. The predicted molar refractivity (Wildman–Crippen MR) is 85.1 cm³/mol. The van der Waals surface area contributed by atoms with Gasteiger partial charge in [0.05, 0.1) is 28.9 Å². The van der Waals surface area contributed by atoms with Gasteiger partial charge < -0.3 is 10.1 Å². The Morgan fingerprint density at radius 3 is 2.48 bits per heavy atom. The summed E-state index contributed by atoms with van der Waals surface area (Å²) in [5.41, 5.74) is -0.593. The van der Waals surface area contributed by atoms with Crippen molar-refractivity contribution < 1.29 is 22.7 Å². The lowest BCUT2D eigenvalue weighted by atomic mass is 10.1. The molecule has 0 aliphatic rings. The number of carbonyl (C=O) groups is 1. The number of benzene rings is 2. The third-order valence-electron chi connectivity index (χ3n) is 2.95. The molecule has 0 bridgehead atoms. The third-order valence-corrected chi connectivity index (χ3v) is 3.76. The summed E-state index contributed by atoms with van der Waals surface area (Å²) in [5.74, 6) is -0.224. The van der Waals surface area contributed by atoms with Gasteiger partial charge in [0.25, 0.3) is 5.91 Å². The van der Waals surface area contributed by atoms with Gasteiger partial charge in [-0.15, -0.1) is 0 Å². The summed E-state index contributed by atoms with van der Waals surface area (Å²) < 4.78 is 43.6. The molecule has 122 valence electrons. The zero-order chi connectivity index (χ0) is 17.2. The maximum absolute atomic E-state index is 12.6. The van der Waals surface area contributed by atoms with Gasteiger partial charge in [0.15, 0.2) is 0 Å². The summed E-state index contributed by atoms with van der Waals surface area (Å²) in [4.78, 5) is 12.3. The van der Waals surface area contributed by atoms with E-state index < -0.39 is 17.6 Å². The third kappa shape index (κ3) is 4.17. The second-order valence-corrected chi connectivity index (χ2v) is 5.81. The highest BCUT2D eigenvalue weighted by Gasteiger charge is 2.31. The van der Waals surface area contributed by atoms with E-state index in [4.69, 9.17) is 16.3 Å². The van der Waals surface area contributed by atoms with Crippen molar-refractivity contribution in [2.45, 2.75) is 6.18 Å². The molecule has 0 saturated heterocycles. The molecule has 0 saturated carbocycles. The lowest BCUT2D eigenvalue weighted by Crippen LogP contribution is -2.14. The van der Waals surface area contributed by atoms with Crippen LogP contribution in [0.3, 0.4) is 0 Å². The Kier molecular flexibility index (Phi) is 5.21. The van der Waals surface area contributed by atoms with Crippen LogP contribution < -0.4 is 10.1 Å². The summed E-state index contributed by atoms with van der Waals surface area (Å²) >= 11 is 9.06. The number of rotatable bonds is 3. The number of halogens is 5. The van der Waals surface area contributed by atoms with Gasteiger partial charge >= 0.3 is 6.18 Å². The van der Waals surface area contributed by atoms with E-state index in [1.165, 1.54) is 13.2 Å². The maximum atomic E-state index is 12.6. The molecule has 1 N–H and O–H groups in total. The molecule has 0 aromatic heterocycles. The van der Waals surface area contributed by atoms with Gasteiger partial charge in [-0.25, -0.2) is 0 Å². The van der Waals surface area contributed by atoms with Crippen LogP contribution in [0.15, 0.2) is 40.9 Å². The molecule has 0 atom stereocenters. The van der Waals surface area contributed by atoms with Crippen molar-refractivity contribution in [3.63, 3.8) is 0 Å². The van der Waals surface area contributed by atoms with Crippen molar-refractivity contribution in [1.82, 2.24) is 0 Å². The molecule has 0 aliphatic heterocycles. The second-order valence-electron chi connectivity index (χ2n) is 4.49. The van der Waals surface area contributed by atoms with E-state index in [1.54, 1.807) is 12.1 Å². The summed E-state index contributed by atoms with van der Waals surface area (Å²) in [5, 5.41) is 2.26. The van der Waals surface area contributed by atoms with Crippen molar-refractivity contribution in [1.29, 1.82) is 0 Å². The molecule has 3 nitrogen and oxygen atoms in total. The highest BCUT2D eigenvalue weighted by Crippen LogP contribution is 2.34. The van der Waals surface area contributed by atoms with Crippen molar-refractivity contribution in [3.8, 4) is 5.75 Å². The standard InChI is InChI=1S/C15H10BrClF3NO2/c1-23-13-5-3-9(16)7-10(13)14(22)21-12-4-2-8(6-11(12)17)15(18,19)20/h2-7H,1H3,(H,21,22). The highest BCUT2D eigenvalue weighted by molar-refractivity contribution is 9.10. The number of amides is 1. The van der Waals surface area contributed by atoms with Gasteiger partial charge in [-0.2, -0.15) is 13.2 Å². The lowest BCUT2D eigenvalue weighted by molar-refractivity contribution is -0.137. The molecule has 0 aliphatic carbocycles. The maximum Gasteiger partial charge on any atom is 0.416 e. The van der Waals surface area contributed by atoms with E-state index in [1.807, 2.05) is 0 Å². The van der Waals surface area contributed by atoms with Crippen LogP contribution in [0.2, 0.25) is 5.02 Å². The van der Waals surface area contributed by atoms with E-state index in [-0.39, 0.29) is 16.3 Å². The molecule has 0 unspecified atom stereocenters. The Hall–Kier alpha value is -1.73. The molecule has 0 heterocycles. The predicted octanol–water partition coefficient (Wildman–Crippen LogP) is 5.38. The Bertz CT molecular complexity index is 750. The van der Waals surface area contributed by atoms with Crippen molar-refractivity contribution in [2.24, 2.45) is 0 Å². The first kappa shape index (κ1) is 17.6. The van der Waals surface area contributed by atoms with Crippen LogP contribution in [0.25, 0.3) is 0 Å². The van der Waals surface area contributed by atoms with Crippen LogP contribution >= 0.6 is 27.5 Å². The van der Waals surface area contributed by atoms with Gasteiger partial charge in [-0.1, -0.05) is 27.5 Å². The fourth-order valence-corrected chi connectivity index (χ4v) is 2.43. The minimum absolute atomic E-state index is 0.0756. The summed E-state index contributed by atoms with van der Waals surface area (Å²) in [6, 6.07) is 7.53. The molecule has 0 fully saturated rings. The fourth-order valence-electron chi connectivity index (χ4n) is 1.84. The van der Waals surface area contributed by atoms with Crippen molar-refractivity contribution in [2.75, 3.05) is 12.4 Å². The molecule has 23 heavy (non-hydrogen) atoms. The van der Waals surface area contributed by atoms with Crippen LogP contribution in [0.5, 0.6) is 5.75 Å². The molecular formula is C15H10BrClF3NO2. The monoisotopic (exact) mass is 407 g/mol. The van der Waals surface area contributed by atoms with Crippen LogP contribution in [0.4, 0.5) is 18.9 Å². The summed E-state index contributed by atoms with van der Waals surface area (Å²) in [6.07, 6.45) is -4.50. The first-order valence-corrected chi connectivity index (χ1v) is 7.41. The Morgan fingerprint density at radius 2 is 1.91 bits per heavy atom. The first-order chi connectivity index (χ1) is 10.7. The van der Waals surface area contributed by atoms with Gasteiger partial charge in [0, 0.05) is 4.47 Å². The number of methoxy groups -OCH3 is 1. The first-order valence-electron chi connectivity index (χ1n) is 6.24. The number of nitrogens with one attached hydrogen (secondary N) is 1. The molecule has 0 spiro atoms. The number of ether oxygens (including phenoxy) is 1. The van der Waals surface area contributed by atoms with E-state index >= 15 is 0 Å². The van der Waals surface area contributed by atoms with Crippen molar-refractivity contribution >= 4 is 39.1 Å². The summed E-state index contributed by atoms with van der Waals surface area (Å²) in [7, 11) is 1.41. The molecule has 8 heteroatoms. The minimum Gasteiger partial charge on any atom is -0.496 e.